The fourth-order valence-electron chi connectivity index (χ4n) is 4.60. The van der Waals surface area contributed by atoms with E-state index >= 15 is 0 Å². The van der Waals surface area contributed by atoms with Crippen LogP contribution in [0.25, 0.3) is 22.3 Å². The van der Waals surface area contributed by atoms with Gasteiger partial charge in [0.05, 0.1) is 11.4 Å². The minimum atomic E-state index is -2.62. The second-order valence-electron chi connectivity index (χ2n) is 9.71. The van der Waals surface area contributed by atoms with Crippen molar-refractivity contribution in [3.8, 4) is 17.0 Å². The zero-order valence-corrected chi connectivity index (χ0v) is 21.3. The summed E-state index contributed by atoms with van der Waals surface area (Å²) in [5, 5.41) is 4.85. The number of rotatable bonds is 6. The van der Waals surface area contributed by atoms with Gasteiger partial charge in [0.15, 0.2) is 0 Å². The van der Waals surface area contributed by atoms with Crippen LogP contribution >= 0.6 is 7.14 Å². The van der Waals surface area contributed by atoms with Crippen LogP contribution in [0.5, 0.6) is 5.75 Å². The van der Waals surface area contributed by atoms with Crippen molar-refractivity contribution in [3.05, 3.63) is 66.1 Å². The number of benzene rings is 2. The van der Waals surface area contributed by atoms with Crippen molar-refractivity contribution >= 4 is 34.9 Å². The van der Waals surface area contributed by atoms with Crippen LogP contribution in [-0.4, -0.2) is 54.4 Å². The molecule has 1 unspecified atom stereocenters. The molecule has 2 aromatic heterocycles. The first-order valence-corrected chi connectivity index (χ1v) is 14.3. The van der Waals surface area contributed by atoms with E-state index in [9.17, 15) is 8.96 Å². The Morgan fingerprint density at radius 2 is 1.94 bits per heavy atom. The molecular weight excluding hydrogens is 462 g/mol. The summed E-state index contributed by atoms with van der Waals surface area (Å²) in [6, 6.07) is 14.4. The Kier molecular flexibility index (Phi) is 6.16. The fraction of sp³-hybridized carbons (Fsp3) is 0.296. The summed E-state index contributed by atoms with van der Waals surface area (Å²) >= 11 is 0. The van der Waals surface area contributed by atoms with Gasteiger partial charge in [0.2, 0.25) is 0 Å². The van der Waals surface area contributed by atoms with Crippen molar-refractivity contribution in [2.24, 2.45) is 0 Å². The third kappa shape index (κ3) is 4.97. The lowest BCUT2D eigenvalue weighted by molar-refractivity contribution is 0.208. The average Bonchev–Trinajstić information content (AvgIpc) is 3.41. The summed E-state index contributed by atoms with van der Waals surface area (Å²) in [6.07, 6.45) is 3.05. The SMILES string of the molecule is Cc1cnc2[nH]c(-c3ccc(OC4CCN(C)C4)cc3)cc2c1Nc1cc(F)ccc1P(C)(C)=O. The van der Waals surface area contributed by atoms with Crippen molar-refractivity contribution in [3.63, 3.8) is 0 Å². The smallest absolute Gasteiger partial charge is 0.139 e. The van der Waals surface area contributed by atoms with Gasteiger partial charge in [0.1, 0.15) is 30.5 Å². The number of H-pyrrole nitrogens is 1. The first-order valence-electron chi connectivity index (χ1n) is 11.7. The number of ether oxygens (including phenoxy) is 1. The van der Waals surface area contributed by atoms with Gasteiger partial charge in [-0.3, -0.25) is 0 Å². The number of aromatic nitrogens is 2. The molecule has 5 rings (SSSR count). The standard InChI is InChI=1S/C27H30FN4O2P/c1-17-15-29-27-22(26(17)30-24-13-19(28)7-10-25(24)35(3,4)33)14-23(31-27)18-5-8-20(9-6-18)34-21-11-12-32(2)16-21/h5-10,13-15,21H,11-12,16H2,1-4H3,(H2,29,30,31). The van der Waals surface area contributed by atoms with Crippen LogP contribution in [0.3, 0.4) is 0 Å². The van der Waals surface area contributed by atoms with E-state index in [0.29, 0.717) is 11.0 Å². The summed E-state index contributed by atoms with van der Waals surface area (Å²) in [5.74, 6) is 0.484. The number of aryl methyl sites for hydroxylation is 1. The minimum Gasteiger partial charge on any atom is -0.489 e. The van der Waals surface area contributed by atoms with E-state index in [4.69, 9.17) is 4.74 Å². The maximum Gasteiger partial charge on any atom is 0.139 e. The number of likely N-dealkylation sites (tertiary alicyclic amines) is 1. The van der Waals surface area contributed by atoms with Crippen molar-refractivity contribution < 1.29 is 13.7 Å². The normalized spacial score (nSPS) is 16.7. The molecule has 1 fully saturated rings. The molecule has 1 saturated heterocycles. The maximum atomic E-state index is 14.1. The summed E-state index contributed by atoms with van der Waals surface area (Å²) in [6.45, 7) is 7.33. The molecule has 35 heavy (non-hydrogen) atoms. The molecule has 182 valence electrons. The number of nitrogens with zero attached hydrogens (tertiary/aromatic N) is 2. The molecule has 0 spiro atoms. The number of likely N-dealkylation sites (N-methyl/N-ethyl adjacent to an activating group) is 1. The van der Waals surface area contributed by atoms with Gasteiger partial charge in [0.25, 0.3) is 0 Å². The molecule has 0 amide bonds. The largest absolute Gasteiger partial charge is 0.489 e. The van der Waals surface area contributed by atoms with Gasteiger partial charge in [-0.2, -0.15) is 0 Å². The first kappa shape index (κ1) is 23.6. The summed E-state index contributed by atoms with van der Waals surface area (Å²) in [4.78, 5) is 10.2. The van der Waals surface area contributed by atoms with E-state index in [-0.39, 0.29) is 11.9 Å². The second kappa shape index (κ2) is 9.14. The summed E-state index contributed by atoms with van der Waals surface area (Å²) < 4.78 is 33.0. The van der Waals surface area contributed by atoms with Crippen LogP contribution in [0.15, 0.2) is 54.7 Å². The molecule has 1 aliphatic rings. The molecule has 2 N–H and O–H groups in total. The molecule has 1 aliphatic heterocycles. The number of aromatic amines is 1. The van der Waals surface area contributed by atoms with Gasteiger partial charge in [-0.25, -0.2) is 9.37 Å². The minimum absolute atomic E-state index is 0.231. The fourth-order valence-corrected chi connectivity index (χ4v) is 5.74. The van der Waals surface area contributed by atoms with Gasteiger partial charge in [-0.1, -0.05) is 0 Å². The van der Waals surface area contributed by atoms with Crippen LogP contribution in [0.1, 0.15) is 12.0 Å². The Hall–Kier alpha value is -3.15. The molecule has 0 radical (unpaired) electrons. The number of pyridine rings is 1. The number of anilines is 2. The van der Waals surface area contributed by atoms with Gasteiger partial charge in [0, 0.05) is 35.7 Å². The average molecular weight is 493 g/mol. The van der Waals surface area contributed by atoms with Crippen LogP contribution in [-0.2, 0) is 4.57 Å². The Morgan fingerprint density at radius 3 is 2.63 bits per heavy atom. The second-order valence-corrected chi connectivity index (χ2v) is 12.9. The molecule has 8 heteroatoms. The third-order valence-electron chi connectivity index (χ3n) is 6.46. The Labute approximate surface area is 204 Å². The van der Waals surface area contributed by atoms with Gasteiger partial charge in [-0.05, 0) is 93.4 Å². The van der Waals surface area contributed by atoms with Gasteiger partial charge >= 0.3 is 0 Å². The molecule has 2 aromatic carbocycles. The first-order chi connectivity index (χ1) is 16.7. The number of nitrogens with one attached hydrogen (secondary N) is 2. The van der Waals surface area contributed by atoms with Crippen molar-refractivity contribution in [1.82, 2.24) is 14.9 Å². The molecule has 0 aliphatic carbocycles. The highest BCUT2D eigenvalue weighted by Crippen LogP contribution is 2.40. The number of hydrogen-bond acceptors (Lipinski definition) is 5. The predicted octanol–water partition coefficient (Wildman–Crippen LogP) is 5.75. The third-order valence-corrected chi connectivity index (χ3v) is 8.01. The Bertz CT molecular complexity index is 1430. The van der Waals surface area contributed by atoms with E-state index in [1.54, 1.807) is 25.6 Å². The molecule has 0 bridgehead atoms. The number of halogens is 1. The monoisotopic (exact) mass is 492 g/mol. The predicted molar refractivity (Wildman–Crippen MR) is 142 cm³/mol. The van der Waals surface area contributed by atoms with E-state index < -0.39 is 7.14 Å². The van der Waals surface area contributed by atoms with Crippen LogP contribution in [0.2, 0.25) is 0 Å². The molecule has 1 atom stereocenters. The zero-order chi connectivity index (χ0) is 24.7. The van der Waals surface area contributed by atoms with Crippen molar-refractivity contribution in [2.75, 3.05) is 38.8 Å². The van der Waals surface area contributed by atoms with Gasteiger partial charge in [-0.15, -0.1) is 0 Å². The quantitative estimate of drug-likeness (QED) is 0.335. The highest BCUT2D eigenvalue weighted by Gasteiger charge is 2.21. The molecule has 6 nitrogen and oxygen atoms in total. The van der Waals surface area contributed by atoms with E-state index in [0.717, 1.165) is 58.8 Å². The van der Waals surface area contributed by atoms with Crippen LogP contribution < -0.4 is 15.4 Å². The van der Waals surface area contributed by atoms with E-state index in [2.05, 4.69) is 27.2 Å². The lowest BCUT2D eigenvalue weighted by Gasteiger charge is -2.17. The zero-order valence-electron chi connectivity index (χ0n) is 20.4. The Morgan fingerprint density at radius 1 is 1.17 bits per heavy atom. The summed E-state index contributed by atoms with van der Waals surface area (Å²) in [7, 11) is -0.507. The topological polar surface area (TPSA) is 70.2 Å². The molecule has 3 heterocycles. The number of hydrogen-bond donors (Lipinski definition) is 2. The Balaban J connectivity index is 1.46. The molecule has 0 saturated carbocycles. The lowest BCUT2D eigenvalue weighted by atomic mass is 10.1. The summed E-state index contributed by atoms with van der Waals surface area (Å²) in [5.41, 5.74) is 4.88. The van der Waals surface area contributed by atoms with Crippen molar-refractivity contribution in [2.45, 2.75) is 19.4 Å². The van der Waals surface area contributed by atoms with Crippen LogP contribution in [0.4, 0.5) is 15.8 Å². The van der Waals surface area contributed by atoms with Gasteiger partial charge < -0.3 is 24.5 Å². The van der Waals surface area contributed by atoms with E-state index in [1.807, 2.05) is 37.3 Å². The van der Waals surface area contributed by atoms with Crippen molar-refractivity contribution in [1.29, 1.82) is 0 Å². The number of fused-ring (bicyclic) bond motifs is 1. The lowest BCUT2D eigenvalue weighted by Crippen LogP contribution is -2.21. The molecular formula is C27H30FN4O2P. The maximum absolute atomic E-state index is 14.1. The highest BCUT2D eigenvalue weighted by molar-refractivity contribution is 7.70. The molecule has 4 aromatic rings. The van der Waals surface area contributed by atoms with Crippen LogP contribution in [0, 0.1) is 12.7 Å². The van der Waals surface area contributed by atoms with E-state index in [1.165, 1.54) is 12.1 Å². The highest BCUT2D eigenvalue weighted by atomic mass is 31.2.